The molecular formula is C40H37F3N5O8P. The smallest absolute Gasteiger partial charge is 0.456 e. The molecule has 296 valence electrons. The van der Waals surface area contributed by atoms with Crippen LogP contribution in [0, 0.1) is 11.3 Å². The number of anilines is 3. The molecule has 0 saturated heterocycles. The van der Waals surface area contributed by atoms with Crippen LogP contribution in [0.15, 0.2) is 78.9 Å². The number of halogens is 3. The molecule has 2 unspecified atom stereocenters. The van der Waals surface area contributed by atoms with Gasteiger partial charge in [0.1, 0.15) is 17.2 Å². The van der Waals surface area contributed by atoms with Crippen LogP contribution in [0.25, 0.3) is 0 Å². The van der Waals surface area contributed by atoms with Gasteiger partial charge in [-0.2, -0.15) is 18.4 Å². The van der Waals surface area contributed by atoms with Crippen molar-refractivity contribution in [3.05, 3.63) is 107 Å². The van der Waals surface area contributed by atoms with E-state index < -0.39 is 38.1 Å². The number of amides is 3. The minimum atomic E-state index is -5.15. The summed E-state index contributed by atoms with van der Waals surface area (Å²) in [6, 6.07) is 21.8. The number of esters is 1. The number of benzene rings is 4. The molecule has 4 aromatic rings. The van der Waals surface area contributed by atoms with Gasteiger partial charge in [-0.05, 0) is 76.2 Å². The number of alkyl halides is 3. The topological polar surface area (TPSA) is 168 Å². The molecule has 3 amide bonds. The van der Waals surface area contributed by atoms with Gasteiger partial charge in [-0.15, -0.1) is 0 Å². The SMILES string of the molecule is CC(=O)Nc1ccc2c(c1)Oc1cc(NC(=O)C(F)(F)F)ccc1C21OC(=O)c2cc(C(=O)Nc3cccc(OP(OCCC#N)N(C(C)C)C(C)C)c3)ccc21. The molecule has 0 fully saturated rings. The molecule has 13 nitrogen and oxygen atoms in total. The van der Waals surface area contributed by atoms with E-state index >= 15 is 0 Å². The highest BCUT2D eigenvalue weighted by atomic mass is 31.2. The summed E-state index contributed by atoms with van der Waals surface area (Å²) < 4.78 is 65.8. The summed E-state index contributed by atoms with van der Waals surface area (Å²) in [6.45, 7) is 9.54. The largest absolute Gasteiger partial charge is 0.471 e. The van der Waals surface area contributed by atoms with Crippen molar-refractivity contribution in [3.8, 4) is 23.3 Å². The van der Waals surface area contributed by atoms with Gasteiger partial charge >= 0.3 is 26.6 Å². The minimum absolute atomic E-state index is 0.0314. The average Bonchev–Trinajstić information content (AvgIpc) is 3.42. The maximum absolute atomic E-state index is 13.7. The van der Waals surface area contributed by atoms with Gasteiger partial charge in [-0.1, -0.05) is 12.1 Å². The van der Waals surface area contributed by atoms with Crippen molar-refractivity contribution in [2.45, 2.75) is 64.9 Å². The third-order valence-electron chi connectivity index (χ3n) is 8.84. The molecule has 17 heteroatoms. The summed E-state index contributed by atoms with van der Waals surface area (Å²) in [5, 5.41) is 16.3. The van der Waals surface area contributed by atoms with Crippen molar-refractivity contribution in [1.29, 1.82) is 5.26 Å². The van der Waals surface area contributed by atoms with Gasteiger partial charge in [0.05, 0.1) is 24.7 Å². The van der Waals surface area contributed by atoms with Crippen LogP contribution in [0.3, 0.4) is 0 Å². The Labute approximate surface area is 327 Å². The summed E-state index contributed by atoms with van der Waals surface area (Å²) in [5.74, 6) is -3.42. The van der Waals surface area contributed by atoms with Crippen molar-refractivity contribution in [2.24, 2.45) is 0 Å². The molecule has 0 bridgehead atoms. The van der Waals surface area contributed by atoms with E-state index in [1.54, 1.807) is 47.8 Å². The molecule has 2 aliphatic heterocycles. The van der Waals surface area contributed by atoms with Crippen LogP contribution < -0.4 is 25.2 Å². The van der Waals surface area contributed by atoms with Gasteiger partial charge < -0.3 is 34.5 Å². The van der Waals surface area contributed by atoms with Crippen molar-refractivity contribution in [2.75, 3.05) is 22.6 Å². The number of carbonyl (C=O) groups is 4. The molecule has 0 aliphatic carbocycles. The quantitative estimate of drug-likeness (QED) is 0.0717. The molecule has 1 spiro atoms. The van der Waals surface area contributed by atoms with Gasteiger partial charge in [-0.3, -0.25) is 14.4 Å². The number of rotatable bonds is 12. The summed E-state index contributed by atoms with van der Waals surface area (Å²) in [7, 11) is -1.61. The molecule has 2 aliphatic rings. The lowest BCUT2D eigenvalue weighted by Gasteiger charge is -2.37. The van der Waals surface area contributed by atoms with Crippen LogP contribution in [-0.2, 0) is 24.5 Å². The lowest BCUT2D eigenvalue weighted by molar-refractivity contribution is -0.167. The zero-order chi connectivity index (χ0) is 41.2. The molecule has 57 heavy (non-hydrogen) atoms. The summed E-state index contributed by atoms with van der Waals surface area (Å²) in [5.41, 5.74) is -0.172. The molecule has 2 atom stereocenters. The number of hydrogen-bond donors (Lipinski definition) is 3. The second kappa shape index (κ2) is 16.2. The molecule has 6 rings (SSSR count). The Bertz CT molecular complexity index is 2290. The maximum Gasteiger partial charge on any atom is 0.471 e. The molecule has 3 N–H and O–H groups in total. The normalized spacial score (nSPS) is 15.9. The van der Waals surface area contributed by atoms with E-state index in [4.69, 9.17) is 23.8 Å². The fourth-order valence-corrected chi connectivity index (χ4v) is 8.21. The van der Waals surface area contributed by atoms with E-state index in [9.17, 15) is 32.3 Å². The number of nitriles is 1. The molecule has 2 heterocycles. The average molecular weight is 804 g/mol. The highest BCUT2D eigenvalue weighted by molar-refractivity contribution is 7.45. The number of fused-ring (bicyclic) bond motifs is 6. The van der Waals surface area contributed by atoms with Crippen molar-refractivity contribution in [1.82, 2.24) is 4.67 Å². The standard InChI is InChI=1S/C40H37F3N5O8P/c1-22(2)48(23(3)4)57(53-17-7-16-44)56-29-9-6-8-26(19-29)46-36(50)25-10-13-31-30(18-25)37(51)55-39(31)32-14-11-27(45-24(5)49)20-34(32)54-35-21-28(12-15-33(35)39)47-38(52)40(41,42)43/h6,8-15,18-23H,7,17H2,1-5H3,(H,45,49)(H,46,50)(H,47,52). The predicted molar refractivity (Wildman–Crippen MR) is 204 cm³/mol. The number of hydrogen-bond acceptors (Lipinski definition) is 10. The third-order valence-corrected chi connectivity index (χ3v) is 10.9. The molecule has 0 radical (unpaired) electrons. The fourth-order valence-electron chi connectivity index (χ4n) is 6.64. The summed E-state index contributed by atoms with van der Waals surface area (Å²) in [4.78, 5) is 51.0. The third kappa shape index (κ3) is 8.41. The Hall–Kier alpha value is -6.01. The van der Waals surface area contributed by atoms with Crippen molar-refractivity contribution in [3.63, 3.8) is 0 Å². The maximum atomic E-state index is 13.7. The molecule has 0 saturated carbocycles. The lowest BCUT2D eigenvalue weighted by atomic mass is 9.77. The number of carbonyl (C=O) groups excluding carboxylic acids is 4. The highest BCUT2D eigenvalue weighted by Gasteiger charge is 2.54. The second-order valence-electron chi connectivity index (χ2n) is 13.6. The van der Waals surface area contributed by atoms with Crippen LogP contribution in [0.1, 0.15) is 78.4 Å². The Morgan fingerprint density at radius 1 is 0.860 bits per heavy atom. The monoisotopic (exact) mass is 803 g/mol. The second-order valence-corrected chi connectivity index (χ2v) is 15.0. The van der Waals surface area contributed by atoms with Gasteiger partial charge in [-0.25, -0.2) is 9.46 Å². The van der Waals surface area contributed by atoms with E-state index in [2.05, 4.69) is 21.4 Å². The van der Waals surface area contributed by atoms with E-state index in [-0.39, 0.29) is 64.9 Å². The first-order valence-corrected chi connectivity index (χ1v) is 18.8. The van der Waals surface area contributed by atoms with E-state index in [1.807, 2.05) is 27.7 Å². The lowest BCUT2D eigenvalue weighted by Crippen LogP contribution is -2.34. The van der Waals surface area contributed by atoms with Crippen molar-refractivity contribution >= 4 is 49.3 Å². The van der Waals surface area contributed by atoms with Crippen LogP contribution >= 0.6 is 8.53 Å². The predicted octanol–water partition coefficient (Wildman–Crippen LogP) is 8.62. The van der Waals surface area contributed by atoms with E-state index in [0.717, 1.165) is 0 Å². The Morgan fingerprint density at radius 2 is 1.47 bits per heavy atom. The molecule has 4 aromatic carbocycles. The summed E-state index contributed by atoms with van der Waals surface area (Å²) >= 11 is 0. The van der Waals surface area contributed by atoms with Crippen molar-refractivity contribution < 1.29 is 50.9 Å². The van der Waals surface area contributed by atoms with Crippen LogP contribution in [0.4, 0.5) is 30.2 Å². The Morgan fingerprint density at radius 3 is 2.07 bits per heavy atom. The van der Waals surface area contributed by atoms with Gasteiger partial charge in [0.25, 0.3) is 5.91 Å². The fraction of sp³-hybridized carbons (Fsp3) is 0.275. The Kier molecular flexibility index (Phi) is 11.6. The number of nitrogens with one attached hydrogen (secondary N) is 3. The first-order chi connectivity index (χ1) is 27.0. The van der Waals surface area contributed by atoms with Gasteiger partial charge in [0.2, 0.25) is 5.91 Å². The first kappa shape index (κ1) is 40.6. The summed E-state index contributed by atoms with van der Waals surface area (Å²) in [6.07, 6.45) is -4.96. The van der Waals surface area contributed by atoms with Gasteiger partial charge in [0.15, 0.2) is 5.60 Å². The molecule has 0 aromatic heterocycles. The highest BCUT2D eigenvalue weighted by Crippen LogP contribution is 2.57. The first-order valence-electron chi connectivity index (χ1n) is 17.7. The van der Waals surface area contributed by atoms with Crippen LogP contribution in [0.2, 0.25) is 0 Å². The van der Waals surface area contributed by atoms with Gasteiger partial charge in [0, 0.05) is 76.5 Å². The number of ether oxygens (including phenoxy) is 2. The van der Waals surface area contributed by atoms with E-state index in [1.165, 1.54) is 43.3 Å². The minimum Gasteiger partial charge on any atom is -0.456 e. The Balaban J connectivity index is 1.32. The zero-order valence-electron chi connectivity index (χ0n) is 31.3. The zero-order valence-corrected chi connectivity index (χ0v) is 32.2. The van der Waals surface area contributed by atoms with Crippen LogP contribution in [0.5, 0.6) is 17.2 Å². The molecular weight excluding hydrogens is 766 g/mol. The van der Waals surface area contributed by atoms with Crippen LogP contribution in [-0.4, -0.2) is 53.2 Å². The van der Waals surface area contributed by atoms with E-state index in [0.29, 0.717) is 28.3 Å². The number of nitrogens with zero attached hydrogens (tertiary/aromatic N) is 2.